The van der Waals surface area contributed by atoms with Crippen LogP contribution in [0.25, 0.3) is 0 Å². The molecule has 0 aliphatic carbocycles. The number of halogens is 1. The van der Waals surface area contributed by atoms with Crippen LogP contribution in [0.3, 0.4) is 0 Å². The summed E-state index contributed by atoms with van der Waals surface area (Å²) in [6.07, 6.45) is 5.62. The van der Waals surface area contributed by atoms with E-state index in [1.165, 1.54) is 6.42 Å². The summed E-state index contributed by atoms with van der Waals surface area (Å²) in [6.45, 7) is 6.23. The van der Waals surface area contributed by atoms with Crippen LogP contribution in [0.1, 0.15) is 73.5 Å². The van der Waals surface area contributed by atoms with E-state index >= 15 is 0 Å². The van der Waals surface area contributed by atoms with Gasteiger partial charge in [0, 0.05) is 13.1 Å². The van der Waals surface area contributed by atoms with Crippen LogP contribution < -0.4 is 10.2 Å². The number of benzene rings is 2. The number of piperidine rings is 1. The molecule has 0 saturated carbocycles. The molecule has 0 radical (unpaired) electrons. The van der Waals surface area contributed by atoms with Gasteiger partial charge in [0.05, 0.1) is 35.3 Å². The fourth-order valence-corrected chi connectivity index (χ4v) is 4.56. The predicted octanol–water partition coefficient (Wildman–Crippen LogP) is 5.71. The van der Waals surface area contributed by atoms with E-state index in [9.17, 15) is 9.59 Å². The zero-order chi connectivity index (χ0) is 22.9. The van der Waals surface area contributed by atoms with E-state index in [1.54, 1.807) is 31.2 Å². The zero-order valence-electron chi connectivity index (χ0n) is 19.0. The van der Waals surface area contributed by atoms with Gasteiger partial charge in [-0.05, 0) is 61.9 Å². The number of rotatable bonds is 9. The number of ether oxygens (including phenoxy) is 1. The van der Waals surface area contributed by atoms with Gasteiger partial charge in [0.1, 0.15) is 0 Å². The molecule has 5 nitrogen and oxygen atoms in total. The number of esters is 1. The van der Waals surface area contributed by atoms with Crippen LogP contribution >= 0.6 is 11.6 Å². The second-order valence-electron chi connectivity index (χ2n) is 8.23. The molecule has 0 spiro atoms. The fourth-order valence-electron chi connectivity index (χ4n) is 4.26. The average molecular weight is 457 g/mol. The van der Waals surface area contributed by atoms with Crippen LogP contribution in [0.15, 0.2) is 42.5 Å². The minimum Gasteiger partial charge on any atom is -0.462 e. The topological polar surface area (TPSA) is 58.6 Å². The number of carbonyl (C=O) groups is 2. The summed E-state index contributed by atoms with van der Waals surface area (Å²) < 4.78 is 5.02. The number of hydrogen-bond acceptors (Lipinski definition) is 4. The van der Waals surface area contributed by atoms with Gasteiger partial charge in [-0.3, -0.25) is 4.79 Å². The smallest absolute Gasteiger partial charge is 0.338 e. The lowest BCUT2D eigenvalue weighted by Crippen LogP contribution is -2.34. The van der Waals surface area contributed by atoms with Gasteiger partial charge in [-0.1, -0.05) is 49.2 Å². The summed E-state index contributed by atoms with van der Waals surface area (Å²) in [4.78, 5) is 27.1. The summed E-state index contributed by atoms with van der Waals surface area (Å²) in [6, 6.07) is 12.9. The van der Waals surface area contributed by atoms with Crippen molar-refractivity contribution in [2.45, 2.75) is 58.4 Å². The lowest BCUT2D eigenvalue weighted by atomic mass is 9.97. The van der Waals surface area contributed by atoms with Gasteiger partial charge in [-0.25, -0.2) is 4.79 Å². The summed E-state index contributed by atoms with van der Waals surface area (Å²) >= 11 is 6.64. The first-order valence-corrected chi connectivity index (χ1v) is 12.0. The van der Waals surface area contributed by atoms with Crippen molar-refractivity contribution in [2.75, 3.05) is 24.6 Å². The molecular weight excluding hydrogens is 424 g/mol. The van der Waals surface area contributed by atoms with Crippen molar-refractivity contribution in [3.8, 4) is 0 Å². The molecule has 172 valence electrons. The Morgan fingerprint density at radius 2 is 1.78 bits per heavy atom. The van der Waals surface area contributed by atoms with Crippen molar-refractivity contribution in [3.05, 3.63) is 64.2 Å². The molecule has 6 heteroatoms. The molecular formula is C26H33ClN2O3. The average Bonchev–Trinajstić information content (AvgIpc) is 2.80. The minimum absolute atomic E-state index is 0.0445. The van der Waals surface area contributed by atoms with Crippen LogP contribution in [-0.2, 0) is 16.0 Å². The maximum absolute atomic E-state index is 12.9. The molecule has 1 atom stereocenters. The molecule has 1 heterocycles. The number of amides is 1. The fraction of sp³-hybridized carbons (Fsp3) is 0.462. The van der Waals surface area contributed by atoms with Crippen LogP contribution in [0.5, 0.6) is 0 Å². The number of carbonyl (C=O) groups excluding carboxylic acids is 2. The first-order chi connectivity index (χ1) is 15.5. The van der Waals surface area contributed by atoms with Crippen molar-refractivity contribution >= 4 is 29.2 Å². The number of nitrogens with zero attached hydrogens (tertiary/aromatic N) is 1. The van der Waals surface area contributed by atoms with E-state index in [0.717, 1.165) is 60.6 Å². The van der Waals surface area contributed by atoms with Crippen molar-refractivity contribution in [1.82, 2.24) is 5.32 Å². The Labute approximate surface area is 196 Å². The van der Waals surface area contributed by atoms with Crippen LogP contribution in [0.4, 0.5) is 5.69 Å². The highest BCUT2D eigenvalue weighted by Crippen LogP contribution is 2.36. The normalized spacial score (nSPS) is 14.7. The Kier molecular flexibility index (Phi) is 8.98. The van der Waals surface area contributed by atoms with Gasteiger partial charge in [0.15, 0.2) is 0 Å². The van der Waals surface area contributed by atoms with E-state index in [2.05, 4.69) is 23.2 Å². The monoisotopic (exact) mass is 456 g/mol. The van der Waals surface area contributed by atoms with E-state index in [0.29, 0.717) is 12.2 Å². The second kappa shape index (κ2) is 11.9. The summed E-state index contributed by atoms with van der Waals surface area (Å²) in [5.74, 6) is -0.394. The van der Waals surface area contributed by atoms with E-state index < -0.39 is 0 Å². The number of nitrogens with one attached hydrogen (secondary N) is 1. The van der Waals surface area contributed by atoms with Crippen molar-refractivity contribution < 1.29 is 14.3 Å². The van der Waals surface area contributed by atoms with E-state index in [-0.39, 0.29) is 24.3 Å². The maximum atomic E-state index is 12.9. The molecule has 1 amide bonds. The highest BCUT2D eigenvalue weighted by atomic mass is 35.5. The summed E-state index contributed by atoms with van der Waals surface area (Å²) in [7, 11) is 0. The zero-order valence-corrected chi connectivity index (χ0v) is 19.8. The third-order valence-electron chi connectivity index (χ3n) is 5.81. The Balaban J connectivity index is 1.73. The lowest BCUT2D eigenvalue weighted by Gasteiger charge is -2.33. The number of hydrogen-bond donors (Lipinski definition) is 1. The molecule has 2 aromatic carbocycles. The first-order valence-electron chi connectivity index (χ1n) is 11.6. The number of para-hydroxylation sites is 1. The molecule has 1 unspecified atom stereocenters. The molecule has 1 fully saturated rings. The van der Waals surface area contributed by atoms with E-state index in [1.807, 2.05) is 12.1 Å². The highest BCUT2D eigenvalue weighted by molar-refractivity contribution is 6.33. The largest absolute Gasteiger partial charge is 0.462 e. The molecule has 1 aliphatic rings. The number of anilines is 1. The van der Waals surface area contributed by atoms with Gasteiger partial charge in [-0.15, -0.1) is 0 Å². The minimum atomic E-state index is -0.349. The standard InChI is InChI=1S/C26H33ClN2O3/c1-3-9-23(21-10-8-11-22(27)25(21)29-16-6-5-7-17-29)28-24(30)18-19-12-14-20(15-13-19)26(31)32-4-2/h8,10-15,23H,3-7,9,16-18H2,1-2H3,(H,28,30). The van der Waals surface area contributed by atoms with Gasteiger partial charge in [0.25, 0.3) is 0 Å². The second-order valence-corrected chi connectivity index (χ2v) is 8.64. The van der Waals surface area contributed by atoms with Crippen molar-refractivity contribution in [3.63, 3.8) is 0 Å². The highest BCUT2D eigenvalue weighted by Gasteiger charge is 2.23. The van der Waals surface area contributed by atoms with Gasteiger partial charge in [0.2, 0.25) is 5.91 Å². The Morgan fingerprint density at radius 1 is 1.06 bits per heavy atom. The molecule has 0 aromatic heterocycles. The van der Waals surface area contributed by atoms with Gasteiger partial charge >= 0.3 is 5.97 Å². The van der Waals surface area contributed by atoms with Crippen LogP contribution in [0.2, 0.25) is 5.02 Å². The molecule has 2 aromatic rings. The Bertz CT molecular complexity index is 908. The SMILES string of the molecule is CCCC(NC(=O)Cc1ccc(C(=O)OCC)cc1)c1cccc(Cl)c1N1CCCCC1. The maximum Gasteiger partial charge on any atom is 0.338 e. The molecule has 3 rings (SSSR count). The predicted molar refractivity (Wildman–Crippen MR) is 129 cm³/mol. The summed E-state index contributed by atoms with van der Waals surface area (Å²) in [5, 5.41) is 3.98. The summed E-state index contributed by atoms with van der Waals surface area (Å²) in [5.41, 5.74) is 3.50. The van der Waals surface area contributed by atoms with Crippen LogP contribution in [0, 0.1) is 0 Å². The quantitative estimate of drug-likeness (QED) is 0.491. The van der Waals surface area contributed by atoms with Crippen molar-refractivity contribution in [2.24, 2.45) is 0 Å². The van der Waals surface area contributed by atoms with Crippen LogP contribution in [-0.4, -0.2) is 31.6 Å². The van der Waals surface area contributed by atoms with E-state index in [4.69, 9.17) is 16.3 Å². The van der Waals surface area contributed by atoms with Gasteiger partial charge < -0.3 is 15.0 Å². The lowest BCUT2D eigenvalue weighted by molar-refractivity contribution is -0.121. The van der Waals surface area contributed by atoms with Gasteiger partial charge in [-0.2, -0.15) is 0 Å². The molecule has 0 bridgehead atoms. The molecule has 1 N–H and O–H groups in total. The molecule has 32 heavy (non-hydrogen) atoms. The third kappa shape index (κ3) is 6.26. The Morgan fingerprint density at radius 3 is 2.44 bits per heavy atom. The third-order valence-corrected chi connectivity index (χ3v) is 6.11. The Hall–Kier alpha value is -2.53. The molecule has 1 aliphatic heterocycles. The first kappa shape index (κ1) is 24.1. The molecule has 1 saturated heterocycles. The van der Waals surface area contributed by atoms with Crippen molar-refractivity contribution in [1.29, 1.82) is 0 Å².